The summed E-state index contributed by atoms with van der Waals surface area (Å²) in [5.41, 5.74) is 1.66. The fourth-order valence-corrected chi connectivity index (χ4v) is 4.61. The molecule has 2 N–H and O–H groups in total. The van der Waals surface area contributed by atoms with Crippen molar-refractivity contribution in [3.8, 4) is 21.9 Å². The number of fused-ring (bicyclic) bond motifs is 1. The van der Waals surface area contributed by atoms with Crippen LogP contribution in [0, 0.1) is 0 Å². The van der Waals surface area contributed by atoms with Crippen molar-refractivity contribution in [2.75, 3.05) is 6.61 Å². The van der Waals surface area contributed by atoms with Crippen molar-refractivity contribution >= 4 is 45.6 Å². The van der Waals surface area contributed by atoms with Crippen LogP contribution in [-0.4, -0.2) is 28.8 Å². The van der Waals surface area contributed by atoms with Gasteiger partial charge < -0.3 is 19.7 Å². The molecule has 1 heterocycles. The van der Waals surface area contributed by atoms with Gasteiger partial charge in [0.1, 0.15) is 17.4 Å². The zero-order chi connectivity index (χ0) is 22.7. The maximum absolute atomic E-state index is 11.6. The summed E-state index contributed by atoms with van der Waals surface area (Å²) in [5.74, 6) is -2.03. The first-order chi connectivity index (χ1) is 15.4. The van der Waals surface area contributed by atoms with Crippen LogP contribution in [0.3, 0.4) is 0 Å². The van der Waals surface area contributed by atoms with Gasteiger partial charge in [-0.25, -0.2) is 9.59 Å². The number of rotatable bonds is 8. The summed E-state index contributed by atoms with van der Waals surface area (Å²) in [6, 6.07) is 21.3. The Morgan fingerprint density at radius 1 is 0.906 bits per heavy atom. The van der Waals surface area contributed by atoms with Crippen molar-refractivity contribution in [2.24, 2.45) is 0 Å². The topological polar surface area (TPSA) is 93.1 Å². The molecular formula is C24H17ClO6S. The molecule has 4 aromatic rings. The zero-order valence-electron chi connectivity index (χ0n) is 16.6. The largest absolute Gasteiger partial charge is 0.489 e. The summed E-state index contributed by atoms with van der Waals surface area (Å²) in [6.07, 6.45) is 0. The SMILES string of the molecule is O=C(O)COc1c(C(=O)O)sc(-c2cccc(OCc3ccc4ccccc4c3)c2)c1Cl. The Labute approximate surface area is 192 Å². The van der Waals surface area contributed by atoms with Crippen LogP contribution in [0.15, 0.2) is 66.7 Å². The minimum absolute atomic E-state index is 0.0559. The number of benzene rings is 3. The number of hydrogen-bond acceptors (Lipinski definition) is 5. The first-order valence-corrected chi connectivity index (χ1v) is 10.7. The van der Waals surface area contributed by atoms with Crippen molar-refractivity contribution in [3.63, 3.8) is 0 Å². The molecule has 4 rings (SSSR count). The molecule has 1 aromatic heterocycles. The number of ether oxygens (including phenoxy) is 2. The first-order valence-electron chi connectivity index (χ1n) is 9.53. The molecular weight excluding hydrogens is 452 g/mol. The summed E-state index contributed by atoms with van der Waals surface area (Å²) >= 11 is 7.28. The van der Waals surface area contributed by atoms with Crippen LogP contribution < -0.4 is 9.47 Å². The average Bonchev–Trinajstić information content (AvgIpc) is 3.13. The molecule has 0 aliphatic carbocycles. The minimum Gasteiger partial charge on any atom is -0.489 e. The Morgan fingerprint density at radius 2 is 1.69 bits per heavy atom. The van der Waals surface area contributed by atoms with E-state index in [9.17, 15) is 14.7 Å². The molecule has 0 saturated heterocycles. The highest BCUT2D eigenvalue weighted by atomic mass is 35.5. The van der Waals surface area contributed by atoms with E-state index < -0.39 is 18.5 Å². The quantitative estimate of drug-likeness (QED) is 0.331. The van der Waals surface area contributed by atoms with E-state index >= 15 is 0 Å². The number of carboxylic acid groups (broad SMARTS) is 2. The average molecular weight is 469 g/mol. The van der Waals surface area contributed by atoms with E-state index in [1.807, 2.05) is 36.4 Å². The highest BCUT2D eigenvalue weighted by Crippen LogP contribution is 2.46. The van der Waals surface area contributed by atoms with Gasteiger partial charge in [0.2, 0.25) is 0 Å². The van der Waals surface area contributed by atoms with E-state index in [1.54, 1.807) is 24.3 Å². The summed E-state index contributed by atoms with van der Waals surface area (Å²) < 4.78 is 11.1. The summed E-state index contributed by atoms with van der Waals surface area (Å²) in [6.45, 7) is -0.328. The van der Waals surface area contributed by atoms with Gasteiger partial charge in [-0.05, 0) is 40.1 Å². The summed E-state index contributed by atoms with van der Waals surface area (Å²) in [7, 11) is 0. The number of aliphatic carboxylic acids is 1. The van der Waals surface area contributed by atoms with Crippen LogP contribution in [0.1, 0.15) is 15.2 Å². The van der Waals surface area contributed by atoms with Crippen molar-refractivity contribution in [1.82, 2.24) is 0 Å². The molecule has 0 amide bonds. The third kappa shape index (κ3) is 4.69. The third-order valence-electron chi connectivity index (χ3n) is 4.66. The minimum atomic E-state index is -1.24. The van der Waals surface area contributed by atoms with Crippen molar-refractivity contribution in [1.29, 1.82) is 0 Å². The maximum Gasteiger partial charge on any atom is 0.349 e. The normalized spacial score (nSPS) is 10.8. The van der Waals surface area contributed by atoms with Gasteiger partial charge in [-0.2, -0.15) is 0 Å². The fraction of sp³-hybridized carbons (Fsp3) is 0.0833. The van der Waals surface area contributed by atoms with E-state index in [0.717, 1.165) is 27.7 Å². The highest BCUT2D eigenvalue weighted by molar-refractivity contribution is 7.18. The molecule has 32 heavy (non-hydrogen) atoms. The first kappa shape index (κ1) is 21.7. The number of aromatic carboxylic acids is 1. The van der Waals surface area contributed by atoms with Crippen molar-refractivity contribution in [2.45, 2.75) is 6.61 Å². The number of hydrogen-bond donors (Lipinski definition) is 2. The molecule has 0 fully saturated rings. The second-order valence-electron chi connectivity index (χ2n) is 6.89. The van der Waals surface area contributed by atoms with Crippen LogP contribution in [-0.2, 0) is 11.4 Å². The Bertz CT molecular complexity index is 1310. The Kier molecular flexibility index (Phi) is 6.30. The monoisotopic (exact) mass is 468 g/mol. The molecule has 0 bridgehead atoms. The highest BCUT2D eigenvalue weighted by Gasteiger charge is 2.24. The molecule has 0 atom stereocenters. The standard InChI is InChI=1S/C24H17ClO6S/c25-20-21(31-13-19(26)27)23(24(28)29)32-22(20)17-6-3-7-18(11-17)30-12-14-8-9-15-4-1-2-5-16(15)10-14/h1-11H,12-13H2,(H,26,27)(H,28,29). The summed E-state index contributed by atoms with van der Waals surface area (Å²) in [5, 5.41) is 20.6. The van der Waals surface area contributed by atoms with Gasteiger partial charge in [0.15, 0.2) is 17.2 Å². The summed E-state index contributed by atoms with van der Waals surface area (Å²) in [4.78, 5) is 22.7. The lowest BCUT2D eigenvalue weighted by molar-refractivity contribution is -0.139. The van der Waals surface area contributed by atoms with E-state index in [0.29, 0.717) is 22.8 Å². The van der Waals surface area contributed by atoms with Gasteiger partial charge in [-0.3, -0.25) is 0 Å². The molecule has 8 heteroatoms. The fourth-order valence-electron chi connectivity index (χ4n) is 3.21. The number of halogens is 1. The molecule has 0 aliphatic heterocycles. The molecule has 162 valence electrons. The van der Waals surface area contributed by atoms with Gasteiger partial charge in [0, 0.05) is 0 Å². The van der Waals surface area contributed by atoms with Crippen LogP contribution >= 0.6 is 22.9 Å². The molecule has 0 spiro atoms. The zero-order valence-corrected chi connectivity index (χ0v) is 18.2. The molecule has 0 saturated carbocycles. The lowest BCUT2D eigenvalue weighted by Crippen LogP contribution is -2.10. The van der Waals surface area contributed by atoms with E-state index in [1.165, 1.54) is 0 Å². The van der Waals surface area contributed by atoms with Crippen LogP contribution in [0.5, 0.6) is 11.5 Å². The maximum atomic E-state index is 11.6. The van der Waals surface area contributed by atoms with Crippen molar-refractivity contribution < 1.29 is 29.3 Å². The van der Waals surface area contributed by atoms with Gasteiger partial charge in [-0.15, -0.1) is 11.3 Å². The second-order valence-corrected chi connectivity index (χ2v) is 8.29. The predicted molar refractivity (Wildman–Crippen MR) is 123 cm³/mol. The van der Waals surface area contributed by atoms with Gasteiger partial charge in [0.25, 0.3) is 0 Å². The Morgan fingerprint density at radius 3 is 2.44 bits per heavy atom. The smallest absolute Gasteiger partial charge is 0.349 e. The second kappa shape index (κ2) is 9.30. The lowest BCUT2D eigenvalue weighted by atomic mass is 10.1. The molecule has 6 nitrogen and oxygen atoms in total. The molecule has 3 aromatic carbocycles. The third-order valence-corrected chi connectivity index (χ3v) is 6.34. The lowest BCUT2D eigenvalue weighted by Gasteiger charge is -2.09. The van der Waals surface area contributed by atoms with Crippen LogP contribution in [0.2, 0.25) is 5.02 Å². The Hall–Kier alpha value is -3.55. The molecule has 0 radical (unpaired) electrons. The van der Waals surface area contributed by atoms with Gasteiger partial charge in [-0.1, -0.05) is 60.1 Å². The van der Waals surface area contributed by atoms with E-state index in [2.05, 4.69) is 6.07 Å². The van der Waals surface area contributed by atoms with Crippen molar-refractivity contribution in [3.05, 3.63) is 82.2 Å². The number of carbonyl (C=O) groups is 2. The van der Waals surface area contributed by atoms with Crippen LogP contribution in [0.25, 0.3) is 21.2 Å². The van der Waals surface area contributed by atoms with Crippen LogP contribution in [0.4, 0.5) is 0 Å². The Balaban J connectivity index is 1.57. The number of thiophene rings is 1. The van der Waals surface area contributed by atoms with Gasteiger partial charge >= 0.3 is 11.9 Å². The van der Waals surface area contributed by atoms with Gasteiger partial charge in [0.05, 0.1) is 4.88 Å². The number of carboxylic acids is 2. The van der Waals surface area contributed by atoms with E-state index in [-0.39, 0.29) is 15.6 Å². The van der Waals surface area contributed by atoms with E-state index in [4.69, 9.17) is 26.2 Å². The molecule has 0 aliphatic rings. The molecule has 0 unspecified atom stereocenters. The predicted octanol–water partition coefficient (Wildman–Crippen LogP) is 5.96.